The number of benzene rings is 2. The molecule has 0 radical (unpaired) electrons. The summed E-state index contributed by atoms with van der Waals surface area (Å²) >= 11 is 1.29. The highest BCUT2D eigenvalue weighted by atomic mass is 32.2. The monoisotopic (exact) mass is 383 g/mol. The third kappa shape index (κ3) is 3.87. The smallest absolute Gasteiger partial charge is 0.231 e. The first-order chi connectivity index (χ1) is 13.2. The van der Waals surface area contributed by atoms with E-state index in [4.69, 9.17) is 9.47 Å². The highest BCUT2D eigenvalue weighted by Crippen LogP contribution is 2.32. The van der Waals surface area contributed by atoms with Crippen LogP contribution >= 0.6 is 11.8 Å². The van der Waals surface area contributed by atoms with Gasteiger partial charge >= 0.3 is 0 Å². The molecule has 3 aromatic rings. The molecule has 0 bridgehead atoms. The van der Waals surface area contributed by atoms with E-state index in [9.17, 15) is 4.79 Å². The molecule has 2 heterocycles. The topological polar surface area (TPSA) is 91.2 Å². The number of thioether (sulfide) groups is 1. The number of aromatic nitrogens is 4. The molecule has 0 atom stereocenters. The van der Waals surface area contributed by atoms with Gasteiger partial charge in [-0.05, 0) is 46.7 Å². The highest BCUT2D eigenvalue weighted by Gasteiger charge is 2.15. The maximum absolute atomic E-state index is 12.2. The number of carbonyl (C=O) groups excluding carboxylic acids is 1. The maximum atomic E-state index is 12.2. The van der Waals surface area contributed by atoms with Crippen molar-refractivity contribution in [3.8, 4) is 17.2 Å². The normalized spacial score (nSPS) is 12.2. The summed E-state index contributed by atoms with van der Waals surface area (Å²) in [6.45, 7) is 2.64. The summed E-state index contributed by atoms with van der Waals surface area (Å²) in [5.74, 6) is 1.55. The molecule has 0 saturated heterocycles. The predicted molar refractivity (Wildman–Crippen MR) is 99.0 cm³/mol. The van der Waals surface area contributed by atoms with E-state index in [0.29, 0.717) is 17.5 Å². The molecule has 0 aliphatic carbocycles. The highest BCUT2D eigenvalue weighted by molar-refractivity contribution is 7.99. The zero-order valence-corrected chi connectivity index (χ0v) is 15.4. The second-order valence-electron chi connectivity index (χ2n) is 5.91. The molecule has 0 spiro atoms. The summed E-state index contributed by atoms with van der Waals surface area (Å²) in [7, 11) is 0. The Morgan fingerprint density at radius 2 is 2.07 bits per heavy atom. The van der Waals surface area contributed by atoms with Crippen molar-refractivity contribution >= 4 is 17.7 Å². The molecule has 0 unspecified atom stereocenters. The average Bonchev–Trinajstić information content (AvgIpc) is 3.33. The van der Waals surface area contributed by atoms with Gasteiger partial charge < -0.3 is 14.8 Å². The Kier molecular flexibility index (Phi) is 4.93. The fourth-order valence-electron chi connectivity index (χ4n) is 2.65. The summed E-state index contributed by atoms with van der Waals surface area (Å²) in [4.78, 5) is 12.2. The second-order valence-corrected chi connectivity index (χ2v) is 6.86. The molecular weight excluding hydrogens is 366 g/mol. The van der Waals surface area contributed by atoms with Gasteiger partial charge in [-0.2, -0.15) is 4.68 Å². The lowest BCUT2D eigenvalue weighted by Gasteiger charge is -2.08. The van der Waals surface area contributed by atoms with Crippen LogP contribution < -0.4 is 14.8 Å². The van der Waals surface area contributed by atoms with Gasteiger partial charge in [0.2, 0.25) is 17.9 Å². The van der Waals surface area contributed by atoms with E-state index in [1.54, 1.807) is 4.68 Å². The van der Waals surface area contributed by atoms with Crippen molar-refractivity contribution in [1.29, 1.82) is 0 Å². The number of amides is 1. The molecule has 9 heteroatoms. The maximum Gasteiger partial charge on any atom is 0.231 e. The molecule has 138 valence electrons. The van der Waals surface area contributed by atoms with E-state index in [1.165, 1.54) is 11.8 Å². The largest absolute Gasteiger partial charge is 0.454 e. The number of aryl methyl sites for hydroxylation is 1. The predicted octanol–water partition coefficient (Wildman–Crippen LogP) is 2.11. The number of rotatable bonds is 6. The Labute approximate surface area is 159 Å². The molecule has 1 aliphatic heterocycles. The van der Waals surface area contributed by atoms with Gasteiger partial charge in [-0.1, -0.05) is 36.0 Å². The van der Waals surface area contributed by atoms with Crippen LogP contribution in [0.25, 0.3) is 5.69 Å². The number of ether oxygens (including phenoxy) is 2. The van der Waals surface area contributed by atoms with Gasteiger partial charge in [0, 0.05) is 6.54 Å². The molecule has 1 aliphatic rings. The third-order valence-electron chi connectivity index (χ3n) is 4.04. The minimum absolute atomic E-state index is 0.1000. The summed E-state index contributed by atoms with van der Waals surface area (Å²) in [5.41, 5.74) is 2.90. The first kappa shape index (κ1) is 17.3. The summed E-state index contributed by atoms with van der Waals surface area (Å²) in [6.07, 6.45) is 0. The van der Waals surface area contributed by atoms with E-state index in [-0.39, 0.29) is 18.5 Å². The standard InChI is InChI=1S/C18H17N5O3S/c1-12-4-2-3-5-14(12)23-18(20-21-22-23)27-10-17(24)19-9-13-6-7-15-16(8-13)26-11-25-15/h2-8H,9-11H2,1H3,(H,19,24). The van der Waals surface area contributed by atoms with Gasteiger partial charge in [-0.25, -0.2) is 0 Å². The number of nitrogens with zero attached hydrogens (tertiary/aromatic N) is 4. The van der Waals surface area contributed by atoms with Gasteiger partial charge in [0.15, 0.2) is 11.5 Å². The summed E-state index contributed by atoms with van der Waals surface area (Å²) in [5, 5.41) is 15.2. The fraction of sp³-hybridized carbons (Fsp3) is 0.222. The number of tetrazole rings is 1. The van der Waals surface area contributed by atoms with Gasteiger partial charge in [0.05, 0.1) is 11.4 Å². The Hall–Kier alpha value is -3.07. The van der Waals surface area contributed by atoms with E-state index < -0.39 is 0 Å². The van der Waals surface area contributed by atoms with Crippen molar-refractivity contribution in [3.63, 3.8) is 0 Å². The number of carbonyl (C=O) groups is 1. The molecule has 0 fully saturated rings. The van der Waals surface area contributed by atoms with Crippen molar-refractivity contribution in [3.05, 3.63) is 53.6 Å². The van der Waals surface area contributed by atoms with E-state index in [0.717, 1.165) is 22.6 Å². The van der Waals surface area contributed by atoms with Crippen LogP contribution in [0.3, 0.4) is 0 Å². The molecule has 1 amide bonds. The van der Waals surface area contributed by atoms with Crippen LogP contribution in [0, 0.1) is 6.92 Å². The number of hydrogen-bond donors (Lipinski definition) is 1. The van der Waals surface area contributed by atoms with Crippen molar-refractivity contribution in [2.24, 2.45) is 0 Å². The quantitative estimate of drug-likeness (QED) is 0.652. The minimum atomic E-state index is -0.1000. The molecule has 2 aromatic carbocycles. The lowest BCUT2D eigenvalue weighted by Crippen LogP contribution is -2.24. The lowest BCUT2D eigenvalue weighted by molar-refractivity contribution is -0.118. The Morgan fingerprint density at radius 1 is 1.22 bits per heavy atom. The van der Waals surface area contributed by atoms with Crippen LogP contribution in [0.15, 0.2) is 47.6 Å². The number of para-hydroxylation sites is 1. The van der Waals surface area contributed by atoms with Gasteiger partial charge in [-0.15, -0.1) is 5.10 Å². The van der Waals surface area contributed by atoms with Crippen LogP contribution in [0.5, 0.6) is 11.5 Å². The molecule has 1 aromatic heterocycles. The van der Waals surface area contributed by atoms with Crippen LogP contribution in [0.4, 0.5) is 0 Å². The van der Waals surface area contributed by atoms with Crippen molar-refractivity contribution < 1.29 is 14.3 Å². The Bertz CT molecular complexity index is 975. The van der Waals surface area contributed by atoms with Crippen LogP contribution in [-0.4, -0.2) is 38.7 Å². The molecule has 8 nitrogen and oxygen atoms in total. The zero-order valence-electron chi connectivity index (χ0n) is 14.6. The average molecular weight is 383 g/mol. The van der Waals surface area contributed by atoms with Crippen LogP contribution in [0.1, 0.15) is 11.1 Å². The number of fused-ring (bicyclic) bond motifs is 1. The molecule has 1 N–H and O–H groups in total. The zero-order chi connectivity index (χ0) is 18.6. The van der Waals surface area contributed by atoms with Crippen LogP contribution in [-0.2, 0) is 11.3 Å². The van der Waals surface area contributed by atoms with Crippen LogP contribution in [0.2, 0.25) is 0 Å². The third-order valence-corrected chi connectivity index (χ3v) is 4.96. The van der Waals surface area contributed by atoms with E-state index in [2.05, 4.69) is 20.8 Å². The number of hydrogen-bond acceptors (Lipinski definition) is 7. The second kappa shape index (κ2) is 7.67. The molecule has 27 heavy (non-hydrogen) atoms. The fourth-order valence-corrected chi connectivity index (χ4v) is 3.37. The van der Waals surface area contributed by atoms with Gasteiger partial charge in [0.1, 0.15) is 0 Å². The van der Waals surface area contributed by atoms with E-state index in [1.807, 2.05) is 49.4 Å². The first-order valence-electron chi connectivity index (χ1n) is 8.33. The van der Waals surface area contributed by atoms with Crippen molar-refractivity contribution in [2.45, 2.75) is 18.6 Å². The van der Waals surface area contributed by atoms with Gasteiger partial charge in [0.25, 0.3) is 0 Å². The summed E-state index contributed by atoms with van der Waals surface area (Å²) in [6, 6.07) is 13.4. The SMILES string of the molecule is Cc1ccccc1-n1nnnc1SCC(=O)NCc1ccc2c(c1)OCO2. The Balaban J connectivity index is 1.34. The first-order valence-corrected chi connectivity index (χ1v) is 9.31. The molecule has 0 saturated carbocycles. The van der Waals surface area contributed by atoms with Crippen molar-refractivity contribution in [1.82, 2.24) is 25.5 Å². The number of nitrogens with one attached hydrogen (secondary N) is 1. The minimum Gasteiger partial charge on any atom is -0.454 e. The van der Waals surface area contributed by atoms with Crippen molar-refractivity contribution in [2.75, 3.05) is 12.5 Å². The molecular formula is C18H17N5O3S. The summed E-state index contributed by atoms with van der Waals surface area (Å²) < 4.78 is 12.3. The van der Waals surface area contributed by atoms with Gasteiger partial charge in [-0.3, -0.25) is 4.79 Å². The van der Waals surface area contributed by atoms with E-state index >= 15 is 0 Å². The Morgan fingerprint density at radius 3 is 2.96 bits per heavy atom. The molecule has 4 rings (SSSR count). The lowest BCUT2D eigenvalue weighted by atomic mass is 10.2.